The van der Waals surface area contributed by atoms with Gasteiger partial charge < -0.3 is 5.32 Å². The number of nitrogens with zero attached hydrogens (tertiary/aromatic N) is 1. The average molecular weight is 230 g/mol. The molecule has 0 bridgehead atoms. The van der Waals surface area contributed by atoms with Gasteiger partial charge >= 0.3 is 6.03 Å². The van der Waals surface area contributed by atoms with Gasteiger partial charge in [0.2, 0.25) is 5.91 Å². The molecule has 0 radical (unpaired) electrons. The van der Waals surface area contributed by atoms with Crippen molar-refractivity contribution < 1.29 is 9.59 Å². The molecule has 2 aliphatic rings. The van der Waals surface area contributed by atoms with Gasteiger partial charge in [-0.25, -0.2) is 9.69 Å². The van der Waals surface area contributed by atoms with Gasteiger partial charge in [0.05, 0.1) is 11.1 Å². The van der Waals surface area contributed by atoms with Gasteiger partial charge in [0, 0.05) is 6.54 Å². The zero-order chi connectivity index (χ0) is 12.0. The summed E-state index contributed by atoms with van der Waals surface area (Å²) in [6.45, 7) is 2.47. The van der Waals surface area contributed by atoms with Crippen molar-refractivity contribution in [1.29, 1.82) is 0 Å². The van der Waals surface area contributed by atoms with Crippen molar-refractivity contribution in [2.75, 3.05) is 11.4 Å². The number of hydrogen-bond acceptors (Lipinski definition) is 2. The third kappa shape index (κ3) is 1.52. The van der Waals surface area contributed by atoms with E-state index in [0.29, 0.717) is 12.2 Å². The van der Waals surface area contributed by atoms with Crippen LogP contribution in [0.15, 0.2) is 24.3 Å². The van der Waals surface area contributed by atoms with Crippen molar-refractivity contribution in [3.63, 3.8) is 0 Å². The first-order valence-corrected chi connectivity index (χ1v) is 5.81. The third-order valence-electron chi connectivity index (χ3n) is 3.58. The molecule has 4 heteroatoms. The first-order chi connectivity index (χ1) is 8.12. The molecule has 1 heterocycles. The number of benzene rings is 1. The van der Waals surface area contributed by atoms with E-state index < -0.39 is 0 Å². The SMILES string of the molecule is Cc1ccc(N2C(=O)NCC3(CC3)C2=O)cc1. The zero-order valence-electron chi connectivity index (χ0n) is 9.69. The highest BCUT2D eigenvalue weighted by Gasteiger charge is 2.56. The summed E-state index contributed by atoms with van der Waals surface area (Å²) in [5.41, 5.74) is 1.46. The lowest BCUT2D eigenvalue weighted by Gasteiger charge is -2.31. The van der Waals surface area contributed by atoms with Crippen molar-refractivity contribution >= 4 is 17.6 Å². The number of amides is 3. The molecule has 3 rings (SSSR count). The fourth-order valence-corrected chi connectivity index (χ4v) is 2.20. The Balaban J connectivity index is 1.97. The number of anilines is 1. The number of aryl methyl sites for hydroxylation is 1. The zero-order valence-corrected chi connectivity index (χ0v) is 9.69. The Morgan fingerprint density at radius 3 is 2.41 bits per heavy atom. The highest BCUT2D eigenvalue weighted by atomic mass is 16.2. The Labute approximate surface area is 99.6 Å². The Bertz CT molecular complexity index is 489. The van der Waals surface area contributed by atoms with E-state index in [0.717, 1.165) is 18.4 Å². The largest absolute Gasteiger partial charge is 0.336 e. The lowest BCUT2D eigenvalue weighted by atomic mass is 10.0. The van der Waals surface area contributed by atoms with Gasteiger partial charge in [0.25, 0.3) is 0 Å². The van der Waals surface area contributed by atoms with E-state index in [9.17, 15) is 9.59 Å². The minimum atomic E-state index is -0.309. The van der Waals surface area contributed by atoms with Gasteiger partial charge in [-0.15, -0.1) is 0 Å². The van der Waals surface area contributed by atoms with Crippen molar-refractivity contribution in [1.82, 2.24) is 5.32 Å². The Morgan fingerprint density at radius 2 is 1.82 bits per heavy atom. The molecule has 1 aliphatic carbocycles. The predicted molar refractivity (Wildman–Crippen MR) is 63.7 cm³/mol. The van der Waals surface area contributed by atoms with Crippen LogP contribution in [0.25, 0.3) is 0 Å². The molecule has 88 valence electrons. The van der Waals surface area contributed by atoms with Gasteiger partial charge in [-0.1, -0.05) is 17.7 Å². The maximum atomic E-state index is 12.3. The van der Waals surface area contributed by atoms with Crippen molar-refractivity contribution in [2.45, 2.75) is 19.8 Å². The molecule has 0 atom stereocenters. The molecule has 17 heavy (non-hydrogen) atoms. The second-order valence-electron chi connectivity index (χ2n) is 4.92. The number of nitrogens with one attached hydrogen (secondary N) is 1. The van der Waals surface area contributed by atoms with Crippen LogP contribution in [-0.2, 0) is 4.79 Å². The summed E-state index contributed by atoms with van der Waals surface area (Å²) in [6, 6.07) is 7.13. The predicted octanol–water partition coefficient (Wildman–Crippen LogP) is 1.83. The van der Waals surface area contributed by atoms with Crippen LogP contribution in [0.3, 0.4) is 0 Å². The van der Waals surface area contributed by atoms with E-state index in [4.69, 9.17) is 0 Å². The molecule has 1 saturated carbocycles. The first-order valence-electron chi connectivity index (χ1n) is 5.81. The third-order valence-corrected chi connectivity index (χ3v) is 3.58. The van der Waals surface area contributed by atoms with Crippen LogP contribution in [0.5, 0.6) is 0 Å². The van der Waals surface area contributed by atoms with Crippen LogP contribution in [0.2, 0.25) is 0 Å². The van der Waals surface area contributed by atoms with Crippen molar-refractivity contribution in [2.24, 2.45) is 5.41 Å². The summed E-state index contributed by atoms with van der Waals surface area (Å²) in [5.74, 6) is -0.0508. The molecule has 2 fully saturated rings. The van der Waals surface area contributed by atoms with Gasteiger partial charge in [0.15, 0.2) is 0 Å². The van der Waals surface area contributed by atoms with E-state index in [-0.39, 0.29) is 17.4 Å². The molecule has 1 spiro atoms. The normalized spacial score (nSPS) is 21.6. The van der Waals surface area contributed by atoms with Gasteiger partial charge in [0.1, 0.15) is 0 Å². The molecule has 1 N–H and O–H groups in total. The number of rotatable bonds is 1. The number of imide groups is 1. The van der Waals surface area contributed by atoms with Gasteiger partial charge in [-0.05, 0) is 31.9 Å². The lowest BCUT2D eigenvalue weighted by Crippen LogP contribution is -2.56. The Hall–Kier alpha value is -1.84. The molecular weight excluding hydrogens is 216 g/mol. The summed E-state index contributed by atoms with van der Waals surface area (Å²) >= 11 is 0. The van der Waals surface area contributed by atoms with E-state index in [1.807, 2.05) is 31.2 Å². The van der Waals surface area contributed by atoms with E-state index >= 15 is 0 Å². The maximum Gasteiger partial charge on any atom is 0.328 e. The van der Waals surface area contributed by atoms with Crippen LogP contribution >= 0.6 is 0 Å². The Morgan fingerprint density at radius 1 is 1.18 bits per heavy atom. The Kier molecular flexibility index (Phi) is 2.02. The van der Waals surface area contributed by atoms with Crippen LogP contribution in [0.1, 0.15) is 18.4 Å². The topological polar surface area (TPSA) is 49.4 Å². The summed E-state index contributed by atoms with van der Waals surface area (Å²) in [7, 11) is 0. The fourth-order valence-electron chi connectivity index (χ4n) is 2.20. The molecule has 0 unspecified atom stereocenters. The van der Waals surface area contributed by atoms with E-state index in [1.54, 1.807) is 0 Å². The molecule has 1 aromatic carbocycles. The monoisotopic (exact) mass is 230 g/mol. The summed E-state index contributed by atoms with van der Waals surface area (Å²) in [4.78, 5) is 25.3. The quantitative estimate of drug-likeness (QED) is 0.800. The molecule has 1 saturated heterocycles. The lowest BCUT2D eigenvalue weighted by molar-refractivity contribution is -0.123. The molecular formula is C13H14N2O2. The van der Waals surface area contributed by atoms with Crippen molar-refractivity contribution in [3.05, 3.63) is 29.8 Å². The fraction of sp³-hybridized carbons (Fsp3) is 0.385. The first kappa shape index (κ1) is 10.3. The minimum Gasteiger partial charge on any atom is -0.336 e. The number of carbonyl (C=O) groups excluding carboxylic acids is 2. The highest BCUT2D eigenvalue weighted by molar-refractivity contribution is 6.18. The molecule has 4 nitrogen and oxygen atoms in total. The number of urea groups is 1. The van der Waals surface area contributed by atoms with E-state index in [1.165, 1.54) is 4.90 Å². The van der Waals surface area contributed by atoms with Crippen LogP contribution in [0, 0.1) is 12.3 Å². The summed E-state index contributed by atoms with van der Waals surface area (Å²) in [6.07, 6.45) is 1.77. The standard InChI is InChI=1S/C13H14N2O2/c1-9-2-4-10(5-3-9)15-11(16)13(6-7-13)8-14-12(15)17/h2-5H,6-8H2,1H3,(H,14,17). The van der Waals surface area contributed by atoms with Crippen LogP contribution < -0.4 is 10.2 Å². The molecule has 3 amide bonds. The van der Waals surface area contributed by atoms with Crippen LogP contribution in [-0.4, -0.2) is 18.5 Å². The van der Waals surface area contributed by atoms with E-state index in [2.05, 4.69) is 5.32 Å². The van der Waals surface area contributed by atoms with Crippen molar-refractivity contribution in [3.8, 4) is 0 Å². The average Bonchev–Trinajstić information content (AvgIpc) is 3.09. The number of carbonyl (C=O) groups is 2. The van der Waals surface area contributed by atoms with Crippen LogP contribution in [0.4, 0.5) is 10.5 Å². The molecule has 0 aromatic heterocycles. The highest BCUT2D eigenvalue weighted by Crippen LogP contribution is 2.48. The number of hydrogen-bond donors (Lipinski definition) is 1. The van der Waals surface area contributed by atoms with Gasteiger partial charge in [-0.2, -0.15) is 0 Å². The summed E-state index contributed by atoms with van der Waals surface area (Å²) < 4.78 is 0. The summed E-state index contributed by atoms with van der Waals surface area (Å²) in [5, 5.41) is 2.79. The molecule has 1 aliphatic heterocycles. The minimum absolute atomic E-state index is 0.0508. The molecule has 1 aromatic rings. The second kappa shape index (κ2) is 3.32. The second-order valence-corrected chi connectivity index (χ2v) is 4.92. The maximum absolute atomic E-state index is 12.3. The van der Waals surface area contributed by atoms with Gasteiger partial charge in [-0.3, -0.25) is 4.79 Å². The smallest absolute Gasteiger partial charge is 0.328 e.